The predicted octanol–water partition coefficient (Wildman–Crippen LogP) is -1.73. The minimum Gasteiger partial charge on any atom is -0.508 e. The zero-order valence-electron chi connectivity index (χ0n) is 20.5. The summed E-state index contributed by atoms with van der Waals surface area (Å²) in [7, 11) is 0. The normalized spacial score (nSPS) is 35.3. The average Bonchev–Trinajstić information content (AvgIpc) is 2.92. The highest BCUT2D eigenvalue weighted by Crippen LogP contribution is 2.31. The summed E-state index contributed by atoms with van der Waals surface area (Å²) in [6, 6.07) is 10.7. The molecule has 214 valence electrons. The number of phenols is 2. The maximum atomic E-state index is 10.8. The smallest absolute Gasteiger partial charge is 0.229 e. The van der Waals surface area contributed by atoms with E-state index in [0.29, 0.717) is 5.56 Å². The highest BCUT2D eigenvalue weighted by atomic mass is 16.7. The van der Waals surface area contributed by atoms with Crippen molar-refractivity contribution in [1.29, 1.82) is 0 Å². The van der Waals surface area contributed by atoms with E-state index >= 15 is 0 Å². The highest BCUT2D eigenvalue weighted by molar-refractivity contribution is 5.71. The van der Waals surface area contributed by atoms with Crippen LogP contribution in [0.4, 0.5) is 0 Å². The van der Waals surface area contributed by atoms with Gasteiger partial charge in [-0.15, -0.1) is 0 Å². The van der Waals surface area contributed by atoms with E-state index in [9.17, 15) is 46.0 Å². The second kappa shape index (κ2) is 12.6. The first kappa shape index (κ1) is 29.2. The van der Waals surface area contributed by atoms with Crippen LogP contribution >= 0.6 is 0 Å². The molecule has 2 aromatic rings. The maximum Gasteiger partial charge on any atom is 0.229 e. The van der Waals surface area contributed by atoms with E-state index in [2.05, 4.69) is 0 Å². The molecule has 0 amide bonds. The van der Waals surface area contributed by atoms with Gasteiger partial charge < -0.3 is 64.9 Å². The first-order chi connectivity index (χ1) is 18.6. The van der Waals surface area contributed by atoms with Crippen LogP contribution in [-0.2, 0) is 14.2 Å². The number of aromatic hydroxyl groups is 2. The number of hydrogen-bond acceptors (Lipinski definition) is 13. The highest BCUT2D eigenvalue weighted by Gasteiger charge is 2.51. The lowest BCUT2D eigenvalue weighted by Crippen LogP contribution is -2.65. The molecule has 13 nitrogen and oxygen atoms in total. The van der Waals surface area contributed by atoms with Crippen LogP contribution in [0.2, 0.25) is 0 Å². The first-order valence-corrected chi connectivity index (χ1v) is 12.2. The lowest BCUT2D eigenvalue weighted by molar-refractivity contribution is -0.352. The summed E-state index contributed by atoms with van der Waals surface area (Å²) >= 11 is 0. The molecule has 10 unspecified atom stereocenters. The lowest BCUT2D eigenvalue weighted by atomic mass is 9.97. The van der Waals surface area contributed by atoms with Crippen LogP contribution in [0.3, 0.4) is 0 Å². The fraction of sp³-hybridized carbons (Fsp3) is 0.462. The summed E-state index contributed by atoms with van der Waals surface area (Å²) < 4.78 is 22.1. The minimum atomic E-state index is -1.78. The number of aliphatic hydroxyl groups excluding tert-OH is 7. The summed E-state index contributed by atoms with van der Waals surface area (Å²) in [5.41, 5.74) is 1.30. The number of aliphatic hydroxyl groups is 7. The van der Waals surface area contributed by atoms with Crippen molar-refractivity contribution in [2.45, 2.75) is 61.4 Å². The first-order valence-electron chi connectivity index (χ1n) is 12.2. The molecule has 10 atom stereocenters. The second-order valence-corrected chi connectivity index (χ2v) is 9.31. The molecule has 0 bridgehead atoms. The molecule has 0 saturated carbocycles. The van der Waals surface area contributed by atoms with Gasteiger partial charge in [0.25, 0.3) is 0 Å². The minimum absolute atomic E-state index is 0.0709. The molecule has 0 spiro atoms. The van der Waals surface area contributed by atoms with Crippen LogP contribution in [0.1, 0.15) is 11.1 Å². The Balaban J connectivity index is 1.46. The Hall–Kier alpha value is -2.82. The number of phenolic OH excluding ortho intramolecular Hbond substituents is 2. The SMILES string of the molecule is OCC1OC(OC2C(CO)OC(Oc3cc(O)cc(C=Cc4ccc(O)cc4)c3)C(O)C2O)C(O)C(O)C1O. The third-order valence-corrected chi connectivity index (χ3v) is 6.49. The van der Waals surface area contributed by atoms with Crippen LogP contribution in [0.5, 0.6) is 17.2 Å². The Bertz CT molecular complexity index is 1110. The summed E-state index contributed by atoms with van der Waals surface area (Å²) in [4.78, 5) is 0. The molecule has 0 aliphatic carbocycles. The van der Waals surface area contributed by atoms with Crippen LogP contribution in [-0.4, -0.2) is 121 Å². The molecule has 0 radical (unpaired) electrons. The average molecular weight is 553 g/mol. The van der Waals surface area contributed by atoms with E-state index in [1.165, 1.54) is 30.3 Å². The fourth-order valence-corrected chi connectivity index (χ4v) is 4.33. The van der Waals surface area contributed by atoms with E-state index in [0.717, 1.165) is 5.56 Å². The van der Waals surface area contributed by atoms with Crippen molar-refractivity contribution in [3.63, 3.8) is 0 Å². The Kier molecular flexibility index (Phi) is 9.40. The van der Waals surface area contributed by atoms with Gasteiger partial charge in [0.2, 0.25) is 6.29 Å². The van der Waals surface area contributed by atoms with Gasteiger partial charge in [-0.1, -0.05) is 24.3 Å². The molecule has 2 aliphatic heterocycles. The fourth-order valence-electron chi connectivity index (χ4n) is 4.33. The third-order valence-electron chi connectivity index (χ3n) is 6.49. The van der Waals surface area contributed by atoms with E-state index in [1.807, 2.05) is 0 Å². The maximum absolute atomic E-state index is 10.8. The second-order valence-electron chi connectivity index (χ2n) is 9.31. The van der Waals surface area contributed by atoms with Gasteiger partial charge in [0, 0.05) is 6.07 Å². The zero-order chi connectivity index (χ0) is 28.3. The third kappa shape index (κ3) is 6.67. The molecule has 13 heteroatoms. The van der Waals surface area contributed by atoms with Crippen molar-refractivity contribution in [2.75, 3.05) is 13.2 Å². The topological polar surface area (TPSA) is 219 Å². The van der Waals surface area contributed by atoms with Gasteiger partial charge in [0.1, 0.15) is 66.1 Å². The Morgan fingerprint density at radius 1 is 0.641 bits per heavy atom. The zero-order valence-corrected chi connectivity index (χ0v) is 20.5. The van der Waals surface area contributed by atoms with Crippen molar-refractivity contribution in [1.82, 2.24) is 0 Å². The molecular weight excluding hydrogens is 520 g/mol. The molecule has 0 aromatic heterocycles. The van der Waals surface area contributed by atoms with Gasteiger partial charge in [0.05, 0.1) is 13.2 Å². The van der Waals surface area contributed by atoms with E-state index in [4.69, 9.17) is 18.9 Å². The molecule has 2 fully saturated rings. The standard InChI is InChI=1S/C26H32O13/c27-10-17-19(31)20(32)22(34)26(37-17)39-24-18(11-28)38-25(23(35)21(24)33)36-16-8-13(7-15(30)9-16)2-1-12-3-5-14(29)6-4-12/h1-9,17-35H,10-11H2. The van der Waals surface area contributed by atoms with Gasteiger partial charge in [-0.3, -0.25) is 0 Å². The molecule has 2 aliphatic rings. The van der Waals surface area contributed by atoms with Crippen molar-refractivity contribution in [2.24, 2.45) is 0 Å². The van der Waals surface area contributed by atoms with Gasteiger partial charge in [-0.25, -0.2) is 0 Å². The van der Waals surface area contributed by atoms with Crippen molar-refractivity contribution >= 4 is 12.2 Å². The van der Waals surface area contributed by atoms with Crippen LogP contribution in [0, 0.1) is 0 Å². The molecule has 4 rings (SSSR count). The van der Waals surface area contributed by atoms with Crippen LogP contribution < -0.4 is 4.74 Å². The quantitative estimate of drug-likeness (QED) is 0.167. The van der Waals surface area contributed by atoms with E-state index in [-0.39, 0.29) is 17.2 Å². The number of rotatable bonds is 8. The summed E-state index contributed by atoms with van der Waals surface area (Å²) in [6.07, 6.45) is -12.4. The molecule has 9 N–H and O–H groups in total. The molecular formula is C26H32O13. The van der Waals surface area contributed by atoms with Crippen molar-refractivity contribution in [3.05, 3.63) is 53.6 Å². The monoisotopic (exact) mass is 552 g/mol. The van der Waals surface area contributed by atoms with Gasteiger partial charge in [0.15, 0.2) is 6.29 Å². The van der Waals surface area contributed by atoms with Crippen LogP contribution in [0.15, 0.2) is 42.5 Å². The van der Waals surface area contributed by atoms with Gasteiger partial charge >= 0.3 is 0 Å². The van der Waals surface area contributed by atoms with Gasteiger partial charge in [-0.05, 0) is 35.4 Å². The summed E-state index contributed by atoms with van der Waals surface area (Å²) in [5.74, 6) is 0.0308. The lowest BCUT2D eigenvalue weighted by Gasteiger charge is -2.45. The number of ether oxygens (including phenoxy) is 4. The van der Waals surface area contributed by atoms with Crippen molar-refractivity contribution < 1.29 is 64.9 Å². The Morgan fingerprint density at radius 3 is 1.92 bits per heavy atom. The molecule has 2 aromatic carbocycles. The van der Waals surface area contributed by atoms with Gasteiger partial charge in [-0.2, -0.15) is 0 Å². The molecule has 2 saturated heterocycles. The van der Waals surface area contributed by atoms with E-state index < -0.39 is 74.6 Å². The Morgan fingerprint density at radius 2 is 1.26 bits per heavy atom. The van der Waals surface area contributed by atoms with Crippen molar-refractivity contribution in [3.8, 4) is 17.2 Å². The summed E-state index contributed by atoms with van der Waals surface area (Å²) in [6.45, 7) is -1.42. The summed E-state index contributed by atoms with van der Waals surface area (Å²) in [5, 5.41) is 90.4. The molecule has 39 heavy (non-hydrogen) atoms. The number of hydrogen-bond donors (Lipinski definition) is 9. The predicted molar refractivity (Wildman–Crippen MR) is 132 cm³/mol. The number of benzene rings is 2. The van der Waals surface area contributed by atoms with Crippen LogP contribution in [0.25, 0.3) is 12.2 Å². The van der Waals surface area contributed by atoms with E-state index in [1.54, 1.807) is 24.3 Å². The largest absolute Gasteiger partial charge is 0.508 e. The molecule has 2 heterocycles. The Labute approximate surface area is 222 Å².